The summed E-state index contributed by atoms with van der Waals surface area (Å²) in [5.41, 5.74) is 1.93. The molecule has 2 unspecified atom stereocenters. The molecule has 2 atom stereocenters. The Morgan fingerprint density at radius 1 is 1.18 bits per heavy atom. The van der Waals surface area contributed by atoms with Crippen LogP contribution in [0.5, 0.6) is 5.88 Å². The zero-order valence-electron chi connectivity index (χ0n) is 19.2. The van der Waals surface area contributed by atoms with Crippen molar-refractivity contribution in [2.45, 2.75) is 44.7 Å². The maximum absolute atomic E-state index is 14.2. The van der Waals surface area contributed by atoms with Gasteiger partial charge in [-0.2, -0.15) is 9.37 Å². The SMILES string of the molecule is O=C(O)N1CCCCC1COc1nc(Nc2ccc(CN3CCCC(CO)C3)cc2)ncc1F. The highest BCUT2D eigenvalue weighted by Crippen LogP contribution is 2.23. The molecule has 0 bridgehead atoms. The maximum Gasteiger partial charge on any atom is 0.407 e. The Morgan fingerprint density at radius 2 is 2.00 bits per heavy atom. The first-order valence-corrected chi connectivity index (χ1v) is 11.9. The van der Waals surface area contributed by atoms with Gasteiger partial charge in [-0.05, 0) is 62.3 Å². The van der Waals surface area contributed by atoms with Gasteiger partial charge in [0.05, 0.1) is 12.2 Å². The minimum Gasteiger partial charge on any atom is -0.473 e. The molecule has 184 valence electrons. The van der Waals surface area contributed by atoms with E-state index >= 15 is 0 Å². The normalized spacial score (nSPS) is 21.3. The van der Waals surface area contributed by atoms with E-state index in [0.717, 1.165) is 57.2 Å². The third-order valence-electron chi connectivity index (χ3n) is 6.47. The van der Waals surface area contributed by atoms with Crippen LogP contribution in [0.1, 0.15) is 37.7 Å². The van der Waals surface area contributed by atoms with E-state index in [1.165, 1.54) is 10.5 Å². The van der Waals surface area contributed by atoms with Crippen LogP contribution >= 0.6 is 0 Å². The van der Waals surface area contributed by atoms with Gasteiger partial charge in [0.2, 0.25) is 11.8 Å². The van der Waals surface area contributed by atoms with Gasteiger partial charge < -0.3 is 25.2 Å². The number of aliphatic hydroxyl groups is 1. The molecular weight excluding hydrogens is 441 g/mol. The average molecular weight is 474 g/mol. The number of piperidine rings is 2. The van der Waals surface area contributed by atoms with E-state index in [9.17, 15) is 19.4 Å². The lowest BCUT2D eigenvalue weighted by atomic mass is 9.98. The van der Waals surface area contributed by atoms with E-state index in [0.29, 0.717) is 18.9 Å². The molecule has 9 nitrogen and oxygen atoms in total. The molecule has 2 aromatic rings. The molecule has 10 heteroatoms. The van der Waals surface area contributed by atoms with Crippen molar-refractivity contribution in [3.63, 3.8) is 0 Å². The van der Waals surface area contributed by atoms with E-state index in [-0.39, 0.29) is 31.1 Å². The summed E-state index contributed by atoms with van der Waals surface area (Å²) in [4.78, 5) is 23.2. The number of hydrogen-bond donors (Lipinski definition) is 3. The van der Waals surface area contributed by atoms with Crippen molar-refractivity contribution in [3.05, 3.63) is 41.8 Å². The van der Waals surface area contributed by atoms with E-state index in [2.05, 4.69) is 20.2 Å². The number of halogens is 1. The van der Waals surface area contributed by atoms with Gasteiger partial charge in [0.15, 0.2) is 0 Å². The third-order valence-corrected chi connectivity index (χ3v) is 6.47. The second kappa shape index (κ2) is 11.4. The standard InChI is InChI=1S/C24H32FN5O4/c25-21-12-26-23(28-22(21)34-16-20-5-1-2-11-30(20)24(32)33)27-19-8-6-17(7-9-19)13-29-10-3-4-18(14-29)15-31/h6-9,12,18,20,31H,1-5,10-11,13-16H2,(H,32,33)(H,26,27,28). The number of carboxylic acid groups (broad SMARTS) is 1. The average Bonchev–Trinajstić information content (AvgIpc) is 2.86. The van der Waals surface area contributed by atoms with Gasteiger partial charge >= 0.3 is 6.09 Å². The van der Waals surface area contributed by atoms with Crippen LogP contribution in [0.3, 0.4) is 0 Å². The van der Waals surface area contributed by atoms with Crippen LogP contribution in [0.15, 0.2) is 30.5 Å². The lowest BCUT2D eigenvalue weighted by Gasteiger charge is -2.33. The molecule has 0 aliphatic carbocycles. The Kier molecular flexibility index (Phi) is 8.12. The molecule has 2 saturated heterocycles. The summed E-state index contributed by atoms with van der Waals surface area (Å²) in [6.07, 6.45) is 4.64. The number of nitrogens with zero attached hydrogens (tertiary/aromatic N) is 4. The Balaban J connectivity index is 1.34. The van der Waals surface area contributed by atoms with Gasteiger partial charge in [0, 0.05) is 31.9 Å². The zero-order valence-corrected chi connectivity index (χ0v) is 19.2. The van der Waals surface area contributed by atoms with Crippen molar-refractivity contribution in [3.8, 4) is 5.88 Å². The van der Waals surface area contributed by atoms with Crippen LogP contribution in [-0.4, -0.2) is 75.0 Å². The molecule has 2 aliphatic heterocycles. The fourth-order valence-corrected chi connectivity index (χ4v) is 4.64. The number of aromatic nitrogens is 2. The predicted octanol–water partition coefficient (Wildman–Crippen LogP) is 3.47. The predicted molar refractivity (Wildman–Crippen MR) is 125 cm³/mol. The summed E-state index contributed by atoms with van der Waals surface area (Å²) in [5, 5.41) is 21.8. The molecule has 0 radical (unpaired) electrons. The van der Waals surface area contributed by atoms with Crippen molar-refractivity contribution in [1.82, 2.24) is 19.8 Å². The smallest absolute Gasteiger partial charge is 0.407 e. The topological polar surface area (TPSA) is 111 Å². The number of likely N-dealkylation sites (tertiary alicyclic amines) is 2. The molecular formula is C24H32FN5O4. The van der Waals surface area contributed by atoms with Gasteiger partial charge in [0.1, 0.15) is 6.61 Å². The number of benzene rings is 1. The number of nitrogens with one attached hydrogen (secondary N) is 1. The van der Waals surface area contributed by atoms with Gasteiger partial charge in [-0.1, -0.05) is 12.1 Å². The number of hydrogen-bond acceptors (Lipinski definition) is 7. The molecule has 3 heterocycles. The van der Waals surface area contributed by atoms with Gasteiger partial charge in [0.25, 0.3) is 5.88 Å². The van der Waals surface area contributed by atoms with Crippen molar-refractivity contribution in [2.24, 2.45) is 5.92 Å². The highest BCUT2D eigenvalue weighted by atomic mass is 19.1. The largest absolute Gasteiger partial charge is 0.473 e. The summed E-state index contributed by atoms with van der Waals surface area (Å²) in [7, 11) is 0. The highest BCUT2D eigenvalue weighted by molar-refractivity contribution is 5.65. The first-order valence-electron chi connectivity index (χ1n) is 11.9. The minimum absolute atomic E-state index is 0.0437. The molecule has 1 amide bonds. The Hall–Kier alpha value is -2.98. The molecule has 1 aromatic heterocycles. The Labute approximate surface area is 198 Å². The summed E-state index contributed by atoms with van der Waals surface area (Å²) in [5.74, 6) is -0.341. The van der Waals surface area contributed by atoms with E-state index in [4.69, 9.17) is 4.74 Å². The number of aliphatic hydroxyl groups excluding tert-OH is 1. The minimum atomic E-state index is -0.990. The van der Waals surface area contributed by atoms with Gasteiger partial charge in [-0.3, -0.25) is 4.90 Å². The highest BCUT2D eigenvalue weighted by Gasteiger charge is 2.27. The van der Waals surface area contributed by atoms with Crippen LogP contribution in [0.4, 0.5) is 20.8 Å². The molecule has 2 fully saturated rings. The fraction of sp³-hybridized carbons (Fsp3) is 0.542. The van der Waals surface area contributed by atoms with Crippen molar-refractivity contribution < 1.29 is 24.1 Å². The number of ether oxygens (including phenoxy) is 1. The molecule has 2 aliphatic rings. The maximum atomic E-state index is 14.2. The summed E-state index contributed by atoms with van der Waals surface area (Å²) in [6.45, 7) is 3.51. The molecule has 3 N–H and O–H groups in total. The zero-order chi connectivity index (χ0) is 23.9. The Morgan fingerprint density at radius 3 is 2.76 bits per heavy atom. The van der Waals surface area contributed by atoms with Crippen LogP contribution in [0, 0.1) is 11.7 Å². The molecule has 34 heavy (non-hydrogen) atoms. The van der Waals surface area contributed by atoms with Crippen molar-refractivity contribution in [1.29, 1.82) is 0 Å². The molecule has 0 saturated carbocycles. The van der Waals surface area contributed by atoms with Gasteiger partial charge in [-0.25, -0.2) is 9.78 Å². The number of carbonyl (C=O) groups is 1. The van der Waals surface area contributed by atoms with Crippen LogP contribution < -0.4 is 10.1 Å². The van der Waals surface area contributed by atoms with E-state index in [1.807, 2.05) is 24.3 Å². The number of rotatable bonds is 8. The first kappa shape index (κ1) is 24.2. The molecule has 4 rings (SSSR count). The first-order chi connectivity index (χ1) is 16.5. The van der Waals surface area contributed by atoms with Crippen LogP contribution in [0.25, 0.3) is 0 Å². The Bertz CT molecular complexity index is 961. The summed E-state index contributed by atoms with van der Waals surface area (Å²) < 4.78 is 19.8. The van der Waals surface area contributed by atoms with Gasteiger partial charge in [-0.15, -0.1) is 0 Å². The van der Waals surface area contributed by atoms with Crippen LogP contribution in [0.2, 0.25) is 0 Å². The monoisotopic (exact) mass is 473 g/mol. The van der Waals surface area contributed by atoms with E-state index < -0.39 is 11.9 Å². The van der Waals surface area contributed by atoms with Crippen molar-refractivity contribution in [2.75, 3.05) is 38.2 Å². The molecule has 1 aromatic carbocycles. The lowest BCUT2D eigenvalue weighted by Crippen LogP contribution is -2.46. The number of anilines is 2. The summed E-state index contributed by atoms with van der Waals surface area (Å²) in [6, 6.07) is 7.56. The second-order valence-corrected chi connectivity index (χ2v) is 9.03. The second-order valence-electron chi connectivity index (χ2n) is 9.03. The molecule has 0 spiro atoms. The third kappa shape index (κ3) is 6.32. The van der Waals surface area contributed by atoms with E-state index in [1.54, 1.807) is 0 Å². The van der Waals surface area contributed by atoms with Crippen LogP contribution in [-0.2, 0) is 6.54 Å². The number of amides is 1. The lowest BCUT2D eigenvalue weighted by molar-refractivity contribution is 0.0815. The fourth-order valence-electron chi connectivity index (χ4n) is 4.64. The quantitative estimate of drug-likeness (QED) is 0.535. The van der Waals surface area contributed by atoms with Crippen molar-refractivity contribution >= 4 is 17.7 Å². The summed E-state index contributed by atoms with van der Waals surface area (Å²) >= 11 is 0.